The molecule has 4 rings (SSSR count). The zero-order valence-corrected chi connectivity index (χ0v) is 21.0. The molecule has 0 saturated heterocycles. The monoisotopic (exact) mass is 552 g/mol. The Hall–Kier alpha value is -3.90. The Morgan fingerprint density at radius 2 is 1.84 bits per heavy atom. The lowest BCUT2D eigenvalue weighted by molar-refractivity contribution is -0.192. The first kappa shape index (κ1) is 28.7. The van der Waals surface area contributed by atoms with Crippen LogP contribution in [0.2, 0.25) is 5.02 Å². The number of fused-ring (bicyclic) bond motifs is 1. The van der Waals surface area contributed by atoms with Crippen molar-refractivity contribution >= 4 is 34.4 Å². The van der Waals surface area contributed by atoms with E-state index in [4.69, 9.17) is 31.1 Å². The highest BCUT2D eigenvalue weighted by atomic mass is 35.5. The van der Waals surface area contributed by atoms with E-state index in [2.05, 4.69) is 33.9 Å². The fourth-order valence-corrected chi connectivity index (χ4v) is 3.78. The van der Waals surface area contributed by atoms with Crippen molar-refractivity contribution in [3.8, 4) is 22.8 Å². The lowest BCUT2D eigenvalue weighted by Gasteiger charge is -2.08. The van der Waals surface area contributed by atoms with Gasteiger partial charge in [-0.25, -0.2) is 4.79 Å². The van der Waals surface area contributed by atoms with Gasteiger partial charge in [-0.15, -0.1) is 0 Å². The number of rotatable bonds is 8. The number of carboxylic acid groups (broad SMARTS) is 2. The smallest absolute Gasteiger partial charge is 0.480 e. The van der Waals surface area contributed by atoms with Crippen LogP contribution in [0.1, 0.15) is 25.5 Å². The second kappa shape index (κ2) is 12.1. The molecule has 0 aliphatic rings. The fraction of sp³-hybridized carbons (Fsp3) is 0.280. The summed E-state index contributed by atoms with van der Waals surface area (Å²) in [5.41, 5.74) is 3.78. The molecule has 0 bridgehead atoms. The lowest BCUT2D eigenvalue weighted by Crippen LogP contribution is -2.24. The van der Waals surface area contributed by atoms with Gasteiger partial charge in [-0.1, -0.05) is 35.0 Å². The summed E-state index contributed by atoms with van der Waals surface area (Å²) in [5, 5.41) is 24.5. The molecule has 0 radical (unpaired) electrons. The highest BCUT2D eigenvalue weighted by Gasteiger charge is 2.38. The van der Waals surface area contributed by atoms with Crippen LogP contribution in [0.3, 0.4) is 0 Å². The summed E-state index contributed by atoms with van der Waals surface area (Å²) >= 11 is 6.44. The number of benzene rings is 2. The molecule has 0 atom stereocenters. The van der Waals surface area contributed by atoms with E-state index in [0.717, 1.165) is 27.6 Å². The maximum Gasteiger partial charge on any atom is 0.490 e. The number of halogens is 4. The first-order chi connectivity index (χ1) is 17.9. The molecule has 13 heteroatoms. The molecule has 0 unspecified atom stereocenters. The summed E-state index contributed by atoms with van der Waals surface area (Å²) in [5.74, 6) is -2.69. The van der Waals surface area contributed by atoms with E-state index in [9.17, 15) is 18.0 Å². The van der Waals surface area contributed by atoms with Crippen molar-refractivity contribution in [1.29, 1.82) is 0 Å². The Morgan fingerprint density at radius 1 is 1.13 bits per heavy atom. The number of carbonyl (C=O) groups is 2. The minimum absolute atomic E-state index is 0.0528. The average Bonchev–Trinajstić information content (AvgIpc) is 3.47. The van der Waals surface area contributed by atoms with Gasteiger partial charge in [-0.3, -0.25) is 4.79 Å². The first-order valence-electron chi connectivity index (χ1n) is 11.3. The molecule has 0 aliphatic carbocycles. The highest BCUT2D eigenvalue weighted by Crippen LogP contribution is 2.32. The number of aromatic nitrogens is 3. The van der Waals surface area contributed by atoms with Crippen LogP contribution < -0.4 is 5.32 Å². The van der Waals surface area contributed by atoms with Crippen LogP contribution in [-0.2, 0) is 16.0 Å². The van der Waals surface area contributed by atoms with Crippen molar-refractivity contribution in [2.24, 2.45) is 0 Å². The second-order valence-corrected chi connectivity index (χ2v) is 8.86. The van der Waals surface area contributed by atoms with Gasteiger partial charge in [-0.05, 0) is 56.6 Å². The molecule has 38 heavy (non-hydrogen) atoms. The number of hydrogen-bond acceptors (Lipinski definition) is 6. The summed E-state index contributed by atoms with van der Waals surface area (Å²) in [4.78, 5) is 24.1. The van der Waals surface area contributed by atoms with Gasteiger partial charge in [0.15, 0.2) is 0 Å². The van der Waals surface area contributed by atoms with E-state index in [1.54, 1.807) is 0 Å². The van der Waals surface area contributed by atoms with Crippen LogP contribution in [0, 0.1) is 0 Å². The molecule has 0 fully saturated rings. The Bertz CT molecular complexity index is 1430. The molecule has 9 nitrogen and oxygen atoms in total. The summed E-state index contributed by atoms with van der Waals surface area (Å²) in [6, 6.07) is 14.1. The standard InChI is InChI=1S/C23H23ClN4O3.C2HF3O2/c1-14(2)28-13-19(24)18-11-17(6-7-20(18)28)23-26-22(27-31-23)16-5-3-4-15(10-16)8-9-25-12-21(29)30;3-2(4,5)1(6)7/h3-7,10-11,13-14,25H,8-9,12H2,1-2H3,(H,29,30);(H,6,7). The SMILES string of the molecule is CC(C)n1cc(Cl)c2cc(-c3nc(-c4cccc(CCNCC(=O)O)c4)no3)ccc21.O=C(O)C(F)(F)F. The average molecular weight is 553 g/mol. The number of alkyl halides is 3. The van der Waals surface area contributed by atoms with Crippen molar-refractivity contribution in [2.75, 3.05) is 13.1 Å². The molecule has 2 heterocycles. The molecular formula is C25H24ClF3N4O5. The maximum atomic E-state index is 10.6. The predicted octanol–water partition coefficient (Wildman–Crippen LogP) is 5.44. The van der Waals surface area contributed by atoms with Crippen LogP contribution in [0.4, 0.5) is 13.2 Å². The fourth-order valence-electron chi connectivity index (χ4n) is 3.53. The van der Waals surface area contributed by atoms with Crippen LogP contribution in [0.5, 0.6) is 0 Å². The number of hydrogen-bond donors (Lipinski definition) is 3. The van der Waals surface area contributed by atoms with Gasteiger partial charge in [0.25, 0.3) is 5.89 Å². The maximum absolute atomic E-state index is 10.6. The van der Waals surface area contributed by atoms with Crippen molar-refractivity contribution in [3.05, 3.63) is 59.2 Å². The summed E-state index contributed by atoms with van der Waals surface area (Å²) in [6.07, 6.45) is -2.44. The van der Waals surface area contributed by atoms with E-state index in [0.29, 0.717) is 35.7 Å². The van der Waals surface area contributed by atoms with Crippen molar-refractivity contribution < 1.29 is 37.5 Å². The minimum atomic E-state index is -5.08. The van der Waals surface area contributed by atoms with E-state index < -0.39 is 18.1 Å². The van der Waals surface area contributed by atoms with E-state index in [-0.39, 0.29) is 6.54 Å². The van der Waals surface area contributed by atoms with Gasteiger partial charge in [0.2, 0.25) is 5.82 Å². The van der Waals surface area contributed by atoms with Gasteiger partial charge >= 0.3 is 18.1 Å². The van der Waals surface area contributed by atoms with Crippen LogP contribution >= 0.6 is 11.6 Å². The van der Waals surface area contributed by atoms with Crippen LogP contribution in [0.25, 0.3) is 33.7 Å². The zero-order valence-electron chi connectivity index (χ0n) is 20.3. The quantitative estimate of drug-likeness (QED) is 0.246. The normalized spacial score (nSPS) is 11.4. The Morgan fingerprint density at radius 3 is 2.47 bits per heavy atom. The largest absolute Gasteiger partial charge is 0.490 e. The van der Waals surface area contributed by atoms with Crippen molar-refractivity contribution in [2.45, 2.75) is 32.5 Å². The Balaban J connectivity index is 0.000000505. The second-order valence-electron chi connectivity index (χ2n) is 8.46. The molecule has 202 valence electrons. The first-order valence-corrected chi connectivity index (χ1v) is 11.7. The number of nitrogens with zero attached hydrogens (tertiary/aromatic N) is 3. The molecule has 2 aromatic carbocycles. The van der Waals surface area contributed by atoms with Gasteiger partial charge < -0.3 is 24.6 Å². The van der Waals surface area contributed by atoms with E-state index in [1.807, 2.05) is 48.7 Å². The Kier molecular flexibility index (Phi) is 9.13. The summed E-state index contributed by atoms with van der Waals surface area (Å²) in [6.45, 7) is 4.75. The Labute approximate surface area is 219 Å². The van der Waals surface area contributed by atoms with Crippen molar-refractivity contribution in [3.63, 3.8) is 0 Å². The predicted molar refractivity (Wildman–Crippen MR) is 134 cm³/mol. The number of nitrogens with one attached hydrogen (secondary N) is 1. The van der Waals surface area contributed by atoms with Gasteiger partial charge in [0.05, 0.1) is 11.6 Å². The van der Waals surface area contributed by atoms with E-state index >= 15 is 0 Å². The molecule has 0 aliphatic heterocycles. The highest BCUT2D eigenvalue weighted by molar-refractivity contribution is 6.35. The molecule has 2 aromatic heterocycles. The lowest BCUT2D eigenvalue weighted by atomic mass is 10.1. The zero-order chi connectivity index (χ0) is 28.0. The molecule has 4 aromatic rings. The third-order valence-electron chi connectivity index (χ3n) is 5.31. The molecule has 3 N–H and O–H groups in total. The third-order valence-corrected chi connectivity index (χ3v) is 5.61. The van der Waals surface area contributed by atoms with Crippen LogP contribution in [0.15, 0.2) is 53.2 Å². The van der Waals surface area contributed by atoms with E-state index in [1.165, 1.54) is 0 Å². The van der Waals surface area contributed by atoms with Crippen LogP contribution in [-0.4, -0.2) is 56.1 Å². The molecular weight excluding hydrogens is 529 g/mol. The number of carboxylic acids is 2. The molecule has 0 amide bonds. The minimum Gasteiger partial charge on any atom is -0.480 e. The summed E-state index contributed by atoms with van der Waals surface area (Å²) < 4.78 is 39.4. The van der Waals surface area contributed by atoms with Gasteiger partial charge in [0, 0.05) is 34.3 Å². The van der Waals surface area contributed by atoms with Gasteiger partial charge in [0.1, 0.15) is 0 Å². The molecule has 0 saturated carbocycles. The van der Waals surface area contributed by atoms with Crippen molar-refractivity contribution in [1.82, 2.24) is 20.0 Å². The third kappa shape index (κ3) is 7.33. The van der Waals surface area contributed by atoms with Gasteiger partial charge in [-0.2, -0.15) is 18.2 Å². The molecule has 0 spiro atoms. The number of aliphatic carboxylic acids is 2. The topological polar surface area (TPSA) is 130 Å². The summed E-state index contributed by atoms with van der Waals surface area (Å²) in [7, 11) is 0.